The van der Waals surface area contributed by atoms with Crippen molar-refractivity contribution in [2.45, 2.75) is 24.8 Å². The van der Waals surface area contributed by atoms with Crippen molar-refractivity contribution in [3.05, 3.63) is 0 Å². The van der Waals surface area contributed by atoms with Gasteiger partial charge in [-0.15, -0.1) is 11.7 Å². The summed E-state index contributed by atoms with van der Waals surface area (Å²) in [6.07, 6.45) is 1.14. The minimum atomic E-state index is 0.392. The lowest BCUT2D eigenvalue weighted by atomic mass is 10.3. The van der Waals surface area contributed by atoms with Crippen LogP contribution in [0.3, 0.4) is 0 Å². The van der Waals surface area contributed by atoms with E-state index in [-0.39, 0.29) is 0 Å². The van der Waals surface area contributed by atoms with E-state index in [0.29, 0.717) is 11.4 Å². The topological polar surface area (TPSA) is 29.3 Å². The molecule has 0 radical (unpaired) electrons. The molecule has 0 aromatic heterocycles. The molecule has 10 heavy (non-hydrogen) atoms. The molecule has 2 unspecified atom stereocenters. The van der Waals surface area contributed by atoms with E-state index in [1.165, 1.54) is 0 Å². The number of hydrogen-bond acceptors (Lipinski definition) is 4. The molecule has 1 aliphatic rings. The first-order valence-corrected chi connectivity index (χ1v) is 5.47. The summed E-state index contributed by atoms with van der Waals surface area (Å²) in [4.78, 5) is 2.36. The monoisotopic (exact) mass is 178 g/mol. The number of nitrogens with two attached hydrogens (primary N) is 1. The molecule has 1 rings (SSSR count). The van der Waals surface area contributed by atoms with Gasteiger partial charge in [-0.1, -0.05) is 10.8 Å². The van der Waals surface area contributed by atoms with Crippen molar-refractivity contribution in [1.82, 2.24) is 4.90 Å². The Morgan fingerprint density at radius 3 is 2.90 bits per heavy atom. The van der Waals surface area contributed by atoms with Gasteiger partial charge in [0.2, 0.25) is 0 Å². The summed E-state index contributed by atoms with van der Waals surface area (Å²) >= 11 is 4.15. The fourth-order valence-corrected chi connectivity index (χ4v) is 1.94. The molecule has 1 saturated heterocycles. The van der Waals surface area contributed by atoms with Crippen molar-refractivity contribution in [2.75, 3.05) is 13.1 Å². The molecule has 0 amide bonds. The molecule has 0 saturated carbocycles. The molecule has 0 aromatic rings. The average molecular weight is 178 g/mol. The van der Waals surface area contributed by atoms with E-state index in [0.717, 1.165) is 19.5 Å². The van der Waals surface area contributed by atoms with Gasteiger partial charge in [0.05, 0.1) is 5.37 Å². The van der Waals surface area contributed by atoms with Crippen molar-refractivity contribution in [3.63, 3.8) is 0 Å². The van der Waals surface area contributed by atoms with Crippen molar-refractivity contribution in [1.29, 1.82) is 0 Å². The molecule has 0 spiro atoms. The van der Waals surface area contributed by atoms with E-state index in [1.807, 2.05) is 0 Å². The number of likely N-dealkylation sites (tertiary alicyclic amines) is 1. The maximum atomic E-state index is 5.74. The Morgan fingerprint density at radius 1 is 1.80 bits per heavy atom. The predicted molar refractivity (Wildman–Crippen MR) is 50.2 cm³/mol. The molecule has 1 heterocycles. The zero-order valence-electron chi connectivity index (χ0n) is 6.16. The molecule has 0 aliphatic carbocycles. The normalized spacial score (nSPS) is 30.9. The number of nitrogens with zero attached hydrogens (tertiary/aromatic N) is 1. The highest BCUT2D eigenvalue weighted by Gasteiger charge is 2.22. The van der Waals surface area contributed by atoms with Crippen molar-refractivity contribution in [2.24, 2.45) is 5.73 Å². The molecular formula is C6H14N2S2. The average Bonchev–Trinajstić information content (AvgIpc) is 2.34. The third-order valence-electron chi connectivity index (χ3n) is 1.92. The lowest BCUT2D eigenvalue weighted by Crippen LogP contribution is -2.31. The van der Waals surface area contributed by atoms with Crippen LogP contribution in [-0.4, -0.2) is 29.4 Å². The van der Waals surface area contributed by atoms with Crippen LogP contribution in [0.15, 0.2) is 0 Å². The quantitative estimate of drug-likeness (QED) is 0.487. The van der Waals surface area contributed by atoms with Crippen LogP contribution in [0.5, 0.6) is 0 Å². The van der Waals surface area contributed by atoms with E-state index in [9.17, 15) is 0 Å². The highest BCUT2D eigenvalue weighted by molar-refractivity contribution is 8.68. The summed E-state index contributed by atoms with van der Waals surface area (Å²) in [6, 6.07) is 0.392. The van der Waals surface area contributed by atoms with Crippen molar-refractivity contribution < 1.29 is 0 Å². The van der Waals surface area contributed by atoms with Crippen molar-refractivity contribution >= 4 is 22.5 Å². The second-order valence-electron chi connectivity index (χ2n) is 2.75. The molecule has 1 fully saturated rings. The number of hydrogen-bond donors (Lipinski definition) is 2. The van der Waals surface area contributed by atoms with Gasteiger partial charge < -0.3 is 5.73 Å². The summed E-state index contributed by atoms with van der Waals surface area (Å²) in [5.41, 5.74) is 5.74. The minimum Gasteiger partial charge on any atom is -0.326 e. The van der Waals surface area contributed by atoms with Gasteiger partial charge in [-0.25, -0.2) is 0 Å². The van der Waals surface area contributed by atoms with Crippen LogP contribution in [0.4, 0.5) is 0 Å². The van der Waals surface area contributed by atoms with Gasteiger partial charge >= 0.3 is 0 Å². The summed E-state index contributed by atoms with van der Waals surface area (Å²) in [5, 5.41) is 0.511. The van der Waals surface area contributed by atoms with Crippen LogP contribution in [0, 0.1) is 0 Å². The van der Waals surface area contributed by atoms with Gasteiger partial charge in [-0.3, -0.25) is 4.90 Å². The fraction of sp³-hybridized carbons (Fsp3) is 1.00. The highest BCUT2D eigenvalue weighted by atomic mass is 33.1. The van der Waals surface area contributed by atoms with Crippen LogP contribution in [0.1, 0.15) is 13.3 Å². The van der Waals surface area contributed by atoms with Gasteiger partial charge in [-0.05, 0) is 13.3 Å². The zero-order valence-corrected chi connectivity index (χ0v) is 7.87. The maximum Gasteiger partial charge on any atom is 0.0631 e. The van der Waals surface area contributed by atoms with E-state index >= 15 is 0 Å². The van der Waals surface area contributed by atoms with Gasteiger partial charge in [0.1, 0.15) is 0 Å². The highest BCUT2D eigenvalue weighted by Crippen LogP contribution is 2.21. The molecule has 0 bridgehead atoms. The fourth-order valence-electron chi connectivity index (χ4n) is 1.21. The maximum absolute atomic E-state index is 5.74. The van der Waals surface area contributed by atoms with Gasteiger partial charge in [0.25, 0.3) is 0 Å². The Morgan fingerprint density at radius 2 is 2.50 bits per heavy atom. The van der Waals surface area contributed by atoms with Crippen LogP contribution in [0.25, 0.3) is 0 Å². The summed E-state index contributed by atoms with van der Waals surface area (Å²) in [6.45, 7) is 4.33. The smallest absolute Gasteiger partial charge is 0.0631 e. The number of thiol groups is 1. The Labute approximate surface area is 71.3 Å². The molecule has 4 heteroatoms. The lowest BCUT2D eigenvalue weighted by Gasteiger charge is -2.20. The molecule has 2 atom stereocenters. The van der Waals surface area contributed by atoms with Crippen LogP contribution < -0.4 is 5.73 Å². The van der Waals surface area contributed by atoms with Crippen LogP contribution >= 0.6 is 22.5 Å². The largest absolute Gasteiger partial charge is 0.326 e. The van der Waals surface area contributed by atoms with Crippen LogP contribution in [0.2, 0.25) is 0 Å². The van der Waals surface area contributed by atoms with E-state index in [1.54, 1.807) is 10.8 Å². The Balaban J connectivity index is 2.29. The Hall–Kier alpha value is 0.620. The first kappa shape index (κ1) is 8.71. The summed E-state index contributed by atoms with van der Waals surface area (Å²) in [7, 11) is 1.59. The van der Waals surface area contributed by atoms with Crippen molar-refractivity contribution in [3.8, 4) is 0 Å². The number of rotatable bonds is 2. The third kappa shape index (κ3) is 2.05. The molecule has 2 nitrogen and oxygen atoms in total. The van der Waals surface area contributed by atoms with Crippen LogP contribution in [-0.2, 0) is 0 Å². The third-order valence-corrected chi connectivity index (χ3v) is 3.44. The minimum absolute atomic E-state index is 0.392. The molecule has 60 valence electrons. The molecule has 0 aromatic carbocycles. The second kappa shape index (κ2) is 3.85. The predicted octanol–water partition coefficient (Wildman–Crippen LogP) is 0.943. The van der Waals surface area contributed by atoms with Gasteiger partial charge in [0.15, 0.2) is 0 Å². The molecule has 2 N–H and O–H groups in total. The van der Waals surface area contributed by atoms with Gasteiger partial charge in [-0.2, -0.15) is 0 Å². The van der Waals surface area contributed by atoms with Gasteiger partial charge in [0, 0.05) is 19.1 Å². The van der Waals surface area contributed by atoms with E-state index in [4.69, 9.17) is 5.73 Å². The summed E-state index contributed by atoms with van der Waals surface area (Å²) < 4.78 is 0. The Kier molecular flexibility index (Phi) is 3.36. The zero-order chi connectivity index (χ0) is 7.56. The SMILES string of the molecule is CC(SS)N1CCC(N)C1. The summed E-state index contributed by atoms with van der Waals surface area (Å²) in [5.74, 6) is 0. The standard InChI is InChI=1S/C6H14N2S2/c1-5(10-9)8-3-2-6(7)4-8/h5-6,9H,2-4,7H2,1H3. The first-order chi connectivity index (χ1) is 4.74. The first-order valence-electron chi connectivity index (χ1n) is 3.54. The molecular weight excluding hydrogens is 164 g/mol. The lowest BCUT2D eigenvalue weighted by molar-refractivity contribution is 0.329. The van der Waals surface area contributed by atoms with E-state index < -0.39 is 0 Å². The Bertz CT molecular complexity index is 110. The molecule has 1 aliphatic heterocycles. The van der Waals surface area contributed by atoms with E-state index in [2.05, 4.69) is 23.5 Å². The second-order valence-corrected chi connectivity index (χ2v) is 4.27.